The highest BCUT2D eigenvalue weighted by molar-refractivity contribution is 6.31. The van der Waals surface area contributed by atoms with Crippen molar-refractivity contribution in [3.05, 3.63) is 106 Å². The Morgan fingerprint density at radius 3 is 2.34 bits per heavy atom. The van der Waals surface area contributed by atoms with Gasteiger partial charge in [-0.3, -0.25) is 9.69 Å². The second kappa shape index (κ2) is 10.7. The van der Waals surface area contributed by atoms with Crippen LogP contribution in [0, 0.1) is 11.7 Å². The number of carbonyl (C=O) groups excluding carboxylic acids is 1. The molecule has 6 heteroatoms. The number of nitrogens with zero attached hydrogens (tertiary/aromatic N) is 3. The summed E-state index contributed by atoms with van der Waals surface area (Å²) in [7, 11) is 0. The van der Waals surface area contributed by atoms with Crippen molar-refractivity contribution in [2.75, 3.05) is 19.6 Å². The molecule has 0 N–H and O–H groups in total. The number of halogens is 2. The smallest absolute Gasteiger partial charge is 0.257 e. The van der Waals surface area contributed by atoms with E-state index in [0.717, 1.165) is 49.2 Å². The van der Waals surface area contributed by atoms with Crippen molar-refractivity contribution in [2.45, 2.75) is 31.7 Å². The second-order valence-electron chi connectivity index (χ2n) is 9.44. The normalized spacial score (nSPS) is 19.1. The molecule has 35 heavy (non-hydrogen) atoms. The Morgan fingerprint density at radius 1 is 0.943 bits per heavy atom. The Bertz CT molecular complexity index is 1190. The fraction of sp³-hybridized carbons (Fsp3) is 0.310. The van der Waals surface area contributed by atoms with Crippen LogP contribution in [0.5, 0.6) is 0 Å². The van der Waals surface area contributed by atoms with Gasteiger partial charge in [0.25, 0.3) is 5.91 Å². The Morgan fingerprint density at radius 2 is 1.63 bits per heavy atom. The lowest BCUT2D eigenvalue weighted by molar-refractivity contribution is -0.134. The van der Waals surface area contributed by atoms with Gasteiger partial charge in [-0.05, 0) is 73.2 Å². The van der Waals surface area contributed by atoms with Crippen LogP contribution in [-0.4, -0.2) is 41.2 Å². The Kier molecular flexibility index (Phi) is 7.26. The van der Waals surface area contributed by atoms with E-state index in [-0.39, 0.29) is 17.8 Å². The van der Waals surface area contributed by atoms with Crippen molar-refractivity contribution >= 4 is 23.2 Å². The van der Waals surface area contributed by atoms with Crippen molar-refractivity contribution in [1.82, 2.24) is 9.91 Å². The molecule has 0 radical (unpaired) electrons. The lowest BCUT2D eigenvalue weighted by Gasteiger charge is -2.33. The molecule has 0 unspecified atom stereocenters. The number of carbonyl (C=O) groups is 1. The van der Waals surface area contributed by atoms with E-state index in [1.807, 2.05) is 24.3 Å². The standard InChI is InChI=1S/C29H29ClFN3O/c30-26-9-5-4-8-25(26)28-19-27(23-10-12-24(31)13-11-23)32-34(28)29(35)20-33-16-14-22(15-17-33)18-21-6-2-1-3-7-21/h1-13,22,28H,14-20H2/t28-/m1/s1. The Balaban J connectivity index is 1.28. The minimum absolute atomic E-state index is 0.0338. The molecule has 1 atom stereocenters. The van der Waals surface area contributed by atoms with Gasteiger partial charge in [-0.15, -0.1) is 0 Å². The van der Waals surface area contributed by atoms with Gasteiger partial charge >= 0.3 is 0 Å². The molecule has 1 amide bonds. The lowest BCUT2D eigenvalue weighted by atomic mass is 9.90. The monoisotopic (exact) mass is 489 g/mol. The molecule has 1 saturated heterocycles. The van der Waals surface area contributed by atoms with E-state index in [4.69, 9.17) is 16.7 Å². The topological polar surface area (TPSA) is 35.9 Å². The summed E-state index contributed by atoms with van der Waals surface area (Å²) in [5, 5.41) is 6.93. The summed E-state index contributed by atoms with van der Waals surface area (Å²) in [6.07, 6.45) is 3.80. The molecule has 3 aromatic carbocycles. The van der Waals surface area contributed by atoms with Crippen molar-refractivity contribution in [3.63, 3.8) is 0 Å². The highest BCUT2D eigenvalue weighted by Crippen LogP contribution is 2.36. The molecule has 2 aliphatic heterocycles. The van der Waals surface area contributed by atoms with E-state index in [1.165, 1.54) is 17.7 Å². The number of amides is 1. The van der Waals surface area contributed by atoms with E-state index < -0.39 is 0 Å². The Labute approximate surface area is 211 Å². The molecule has 0 spiro atoms. The first-order valence-corrected chi connectivity index (χ1v) is 12.6. The van der Waals surface area contributed by atoms with Crippen molar-refractivity contribution in [3.8, 4) is 0 Å². The van der Waals surface area contributed by atoms with E-state index in [0.29, 0.717) is 23.9 Å². The zero-order chi connectivity index (χ0) is 24.2. The third kappa shape index (κ3) is 5.63. The first-order valence-electron chi connectivity index (χ1n) is 12.2. The first-order chi connectivity index (χ1) is 17.1. The second-order valence-corrected chi connectivity index (χ2v) is 9.85. The van der Waals surface area contributed by atoms with Gasteiger partial charge in [-0.1, -0.05) is 72.3 Å². The van der Waals surface area contributed by atoms with Gasteiger partial charge < -0.3 is 0 Å². The van der Waals surface area contributed by atoms with Gasteiger partial charge in [0, 0.05) is 11.4 Å². The van der Waals surface area contributed by atoms with E-state index in [1.54, 1.807) is 17.1 Å². The van der Waals surface area contributed by atoms with Gasteiger partial charge in [0.2, 0.25) is 0 Å². The highest BCUT2D eigenvalue weighted by Gasteiger charge is 2.35. The number of rotatable bonds is 6. The van der Waals surface area contributed by atoms with E-state index in [9.17, 15) is 9.18 Å². The maximum absolute atomic E-state index is 13.5. The summed E-state index contributed by atoms with van der Waals surface area (Å²) in [4.78, 5) is 15.7. The minimum atomic E-state index is -0.293. The maximum Gasteiger partial charge on any atom is 0.257 e. The van der Waals surface area contributed by atoms with Crippen LogP contribution < -0.4 is 0 Å². The highest BCUT2D eigenvalue weighted by atomic mass is 35.5. The van der Waals surface area contributed by atoms with E-state index >= 15 is 0 Å². The molecule has 1 fully saturated rings. The van der Waals surface area contributed by atoms with Crippen LogP contribution in [0.3, 0.4) is 0 Å². The van der Waals surface area contributed by atoms with Crippen LogP contribution in [0.15, 0.2) is 84.0 Å². The molecular weight excluding hydrogens is 461 g/mol. The number of hydrazone groups is 1. The van der Waals surface area contributed by atoms with Crippen molar-refractivity contribution in [2.24, 2.45) is 11.0 Å². The fourth-order valence-electron chi connectivity index (χ4n) is 5.10. The molecule has 0 aromatic heterocycles. The van der Waals surface area contributed by atoms with E-state index in [2.05, 4.69) is 35.2 Å². The van der Waals surface area contributed by atoms with Crippen LogP contribution in [-0.2, 0) is 11.2 Å². The molecule has 4 nitrogen and oxygen atoms in total. The number of benzene rings is 3. The summed E-state index contributed by atoms with van der Waals surface area (Å²) in [5.41, 5.74) is 3.85. The van der Waals surface area contributed by atoms with Gasteiger partial charge in [-0.2, -0.15) is 5.10 Å². The van der Waals surface area contributed by atoms with Crippen molar-refractivity contribution < 1.29 is 9.18 Å². The SMILES string of the molecule is O=C(CN1CCC(Cc2ccccc2)CC1)N1N=C(c2ccc(F)cc2)C[C@@H]1c1ccccc1Cl. The van der Waals surface area contributed by atoms with Crippen molar-refractivity contribution in [1.29, 1.82) is 0 Å². The molecule has 0 saturated carbocycles. The van der Waals surface area contributed by atoms with Gasteiger partial charge in [0.05, 0.1) is 18.3 Å². The maximum atomic E-state index is 13.5. The summed E-state index contributed by atoms with van der Waals surface area (Å²) >= 11 is 6.51. The molecule has 3 aromatic rings. The zero-order valence-corrected chi connectivity index (χ0v) is 20.4. The molecular formula is C29H29ClFN3O. The molecule has 0 bridgehead atoms. The number of piperidine rings is 1. The van der Waals surface area contributed by atoms with Crippen LogP contribution in [0.25, 0.3) is 0 Å². The third-order valence-corrected chi connectivity index (χ3v) is 7.38. The summed E-state index contributed by atoms with van der Waals surface area (Å²) in [5.74, 6) is 0.321. The predicted molar refractivity (Wildman–Crippen MR) is 138 cm³/mol. The van der Waals surface area contributed by atoms with Crippen LogP contribution in [0.1, 0.15) is 42.0 Å². The Hall–Kier alpha value is -3.02. The average molecular weight is 490 g/mol. The lowest BCUT2D eigenvalue weighted by Crippen LogP contribution is -2.42. The average Bonchev–Trinajstić information content (AvgIpc) is 3.32. The van der Waals surface area contributed by atoms with Crippen LogP contribution in [0.2, 0.25) is 5.02 Å². The first kappa shape index (κ1) is 23.7. The molecule has 2 heterocycles. The van der Waals surface area contributed by atoms with Gasteiger partial charge in [0.1, 0.15) is 5.82 Å². The zero-order valence-electron chi connectivity index (χ0n) is 19.6. The summed E-state index contributed by atoms with van der Waals surface area (Å²) in [6, 6.07) is 24.2. The predicted octanol–water partition coefficient (Wildman–Crippen LogP) is 6.11. The quantitative estimate of drug-likeness (QED) is 0.418. The third-order valence-electron chi connectivity index (χ3n) is 7.04. The summed E-state index contributed by atoms with van der Waals surface area (Å²) in [6.45, 7) is 2.14. The van der Waals surface area contributed by atoms with Crippen LogP contribution in [0.4, 0.5) is 4.39 Å². The molecule has 2 aliphatic rings. The van der Waals surface area contributed by atoms with Gasteiger partial charge in [0.15, 0.2) is 0 Å². The van der Waals surface area contributed by atoms with Crippen LogP contribution >= 0.6 is 11.6 Å². The van der Waals surface area contributed by atoms with Gasteiger partial charge in [-0.25, -0.2) is 9.40 Å². The fourth-order valence-corrected chi connectivity index (χ4v) is 5.37. The number of hydrogen-bond donors (Lipinski definition) is 0. The molecule has 5 rings (SSSR count). The minimum Gasteiger partial charge on any atom is -0.294 e. The number of likely N-dealkylation sites (tertiary alicyclic amines) is 1. The largest absolute Gasteiger partial charge is 0.294 e. The molecule has 180 valence electrons. The molecule has 0 aliphatic carbocycles. The number of hydrogen-bond acceptors (Lipinski definition) is 3. The summed E-state index contributed by atoms with van der Waals surface area (Å²) < 4.78 is 13.5.